The molecule has 1 saturated heterocycles. The van der Waals surface area contributed by atoms with Crippen LogP contribution in [0.5, 0.6) is 0 Å². The van der Waals surface area contributed by atoms with Crippen LogP contribution in [0.15, 0.2) is 0 Å². The molecular formula is C12H20O8. The van der Waals surface area contributed by atoms with Crippen LogP contribution in [-0.2, 0) is 33.3 Å². The molecule has 0 amide bonds. The monoisotopic (exact) mass is 292 g/mol. The lowest BCUT2D eigenvalue weighted by atomic mass is 9.98. The first-order chi connectivity index (χ1) is 9.40. The lowest BCUT2D eigenvalue weighted by Crippen LogP contribution is -2.61. The van der Waals surface area contributed by atoms with Gasteiger partial charge < -0.3 is 28.8 Å². The summed E-state index contributed by atoms with van der Waals surface area (Å²) in [6.45, 7) is 2.38. The van der Waals surface area contributed by atoms with E-state index in [4.69, 9.17) is 23.7 Å². The molecule has 8 nitrogen and oxygen atoms in total. The molecule has 8 heteroatoms. The SMILES string of the molecule is CO[C@@H]1[C@H](OC(C)=O)[C@@H](O)O[C@H](COC(C)=O)[C@H]1OC. The number of aliphatic hydroxyl groups excluding tert-OH is 1. The highest BCUT2D eigenvalue weighted by molar-refractivity contribution is 5.66. The number of methoxy groups -OCH3 is 2. The number of hydrogen-bond donors (Lipinski definition) is 1. The molecule has 1 fully saturated rings. The Balaban J connectivity index is 2.83. The maximum Gasteiger partial charge on any atom is 0.303 e. The number of hydrogen-bond acceptors (Lipinski definition) is 8. The number of rotatable bonds is 5. The van der Waals surface area contributed by atoms with Gasteiger partial charge in [0, 0.05) is 28.1 Å². The molecule has 0 radical (unpaired) electrons. The fraction of sp³-hybridized carbons (Fsp3) is 0.833. The molecule has 0 unspecified atom stereocenters. The first kappa shape index (κ1) is 16.8. The average molecular weight is 292 g/mol. The number of esters is 2. The van der Waals surface area contributed by atoms with Gasteiger partial charge in [0.1, 0.15) is 24.9 Å². The number of carbonyl (C=O) groups excluding carboxylic acids is 2. The molecule has 0 aliphatic carbocycles. The summed E-state index contributed by atoms with van der Waals surface area (Å²) in [5, 5.41) is 9.89. The summed E-state index contributed by atoms with van der Waals surface area (Å²) in [6, 6.07) is 0. The van der Waals surface area contributed by atoms with Crippen LogP contribution >= 0.6 is 0 Å². The van der Waals surface area contributed by atoms with Crippen molar-refractivity contribution in [2.45, 2.75) is 44.6 Å². The van der Waals surface area contributed by atoms with Gasteiger partial charge in [0.25, 0.3) is 0 Å². The van der Waals surface area contributed by atoms with Crippen LogP contribution in [0.2, 0.25) is 0 Å². The molecule has 5 atom stereocenters. The Bertz CT molecular complexity index is 344. The molecule has 116 valence electrons. The Hall–Kier alpha value is -1.22. The fourth-order valence-electron chi connectivity index (χ4n) is 2.10. The molecule has 0 aromatic carbocycles. The molecule has 0 saturated carbocycles. The zero-order valence-electron chi connectivity index (χ0n) is 11.9. The molecule has 0 spiro atoms. The number of carbonyl (C=O) groups is 2. The highest BCUT2D eigenvalue weighted by atomic mass is 16.7. The third kappa shape index (κ3) is 4.14. The van der Waals surface area contributed by atoms with Gasteiger partial charge in [-0.05, 0) is 0 Å². The summed E-state index contributed by atoms with van der Waals surface area (Å²) >= 11 is 0. The molecule has 1 rings (SSSR count). The van der Waals surface area contributed by atoms with Crippen molar-refractivity contribution >= 4 is 11.9 Å². The van der Waals surface area contributed by atoms with Crippen molar-refractivity contribution in [3.63, 3.8) is 0 Å². The molecular weight excluding hydrogens is 272 g/mol. The summed E-state index contributed by atoms with van der Waals surface area (Å²) in [6.07, 6.45) is -4.54. The van der Waals surface area contributed by atoms with E-state index in [1.54, 1.807) is 0 Å². The van der Waals surface area contributed by atoms with Gasteiger partial charge in [-0.1, -0.05) is 0 Å². The van der Waals surface area contributed by atoms with Crippen molar-refractivity contribution in [3.8, 4) is 0 Å². The summed E-state index contributed by atoms with van der Waals surface area (Å²) in [5.41, 5.74) is 0. The van der Waals surface area contributed by atoms with Crippen LogP contribution in [0.4, 0.5) is 0 Å². The summed E-state index contributed by atoms with van der Waals surface area (Å²) in [7, 11) is 2.82. The summed E-state index contributed by atoms with van der Waals surface area (Å²) in [5.74, 6) is -1.05. The van der Waals surface area contributed by atoms with E-state index < -0.39 is 42.6 Å². The van der Waals surface area contributed by atoms with Crippen molar-refractivity contribution < 1.29 is 38.4 Å². The molecule has 0 bridgehead atoms. The second-order valence-corrected chi connectivity index (χ2v) is 4.34. The maximum absolute atomic E-state index is 11.1. The Morgan fingerprint density at radius 1 is 1.05 bits per heavy atom. The molecule has 1 N–H and O–H groups in total. The predicted molar refractivity (Wildman–Crippen MR) is 64.7 cm³/mol. The quantitative estimate of drug-likeness (QED) is 0.659. The minimum Gasteiger partial charge on any atom is -0.463 e. The first-order valence-electron chi connectivity index (χ1n) is 6.10. The van der Waals surface area contributed by atoms with E-state index in [9.17, 15) is 14.7 Å². The van der Waals surface area contributed by atoms with Crippen LogP contribution in [-0.4, -0.2) is 68.6 Å². The van der Waals surface area contributed by atoms with Gasteiger partial charge >= 0.3 is 11.9 Å². The molecule has 0 aromatic heterocycles. The molecule has 20 heavy (non-hydrogen) atoms. The molecule has 1 heterocycles. The fourth-order valence-corrected chi connectivity index (χ4v) is 2.10. The predicted octanol–water partition coefficient (Wildman–Crippen LogP) is -0.772. The van der Waals surface area contributed by atoms with Crippen molar-refractivity contribution in [1.29, 1.82) is 0 Å². The Morgan fingerprint density at radius 2 is 1.65 bits per heavy atom. The van der Waals surface area contributed by atoms with E-state index in [0.717, 1.165) is 0 Å². The van der Waals surface area contributed by atoms with Crippen LogP contribution in [0, 0.1) is 0 Å². The second-order valence-electron chi connectivity index (χ2n) is 4.34. The summed E-state index contributed by atoms with van der Waals surface area (Å²) in [4.78, 5) is 21.9. The van der Waals surface area contributed by atoms with Crippen molar-refractivity contribution in [2.75, 3.05) is 20.8 Å². The van der Waals surface area contributed by atoms with E-state index >= 15 is 0 Å². The molecule has 0 aromatic rings. The van der Waals surface area contributed by atoms with Crippen LogP contribution in [0.25, 0.3) is 0 Å². The Morgan fingerprint density at radius 3 is 2.10 bits per heavy atom. The first-order valence-corrected chi connectivity index (χ1v) is 6.10. The zero-order chi connectivity index (χ0) is 15.3. The third-order valence-electron chi connectivity index (χ3n) is 2.91. The van der Waals surface area contributed by atoms with Crippen molar-refractivity contribution in [3.05, 3.63) is 0 Å². The number of aliphatic hydroxyl groups is 1. The lowest BCUT2D eigenvalue weighted by molar-refractivity contribution is -0.298. The Labute approximate surface area is 116 Å². The van der Waals surface area contributed by atoms with Crippen LogP contribution < -0.4 is 0 Å². The van der Waals surface area contributed by atoms with Crippen molar-refractivity contribution in [1.82, 2.24) is 0 Å². The van der Waals surface area contributed by atoms with Gasteiger partial charge in [0.2, 0.25) is 0 Å². The topological polar surface area (TPSA) is 101 Å². The normalized spacial score (nSPS) is 33.5. The zero-order valence-corrected chi connectivity index (χ0v) is 11.9. The van der Waals surface area contributed by atoms with Crippen LogP contribution in [0.3, 0.4) is 0 Å². The Kier molecular flexibility index (Phi) is 6.34. The van der Waals surface area contributed by atoms with E-state index in [-0.39, 0.29) is 6.61 Å². The van der Waals surface area contributed by atoms with Gasteiger partial charge in [-0.2, -0.15) is 0 Å². The largest absolute Gasteiger partial charge is 0.463 e. The van der Waals surface area contributed by atoms with E-state index in [0.29, 0.717) is 0 Å². The van der Waals surface area contributed by atoms with Gasteiger partial charge in [0.05, 0.1) is 0 Å². The molecule has 1 aliphatic rings. The molecule has 1 aliphatic heterocycles. The highest BCUT2D eigenvalue weighted by Crippen LogP contribution is 2.26. The maximum atomic E-state index is 11.1. The second kappa shape index (κ2) is 7.53. The van der Waals surface area contributed by atoms with E-state index in [2.05, 4.69) is 0 Å². The summed E-state index contributed by atoms with van der Waals surface area (Å²) < 4.78 is 25.6. The minimum atomic E-state index is -1.39. The average Bonchev–Trinajstić information content (AvgIpc) is 2.37. The van der Waals surface area contributed by atoms with Gasteiger partial charge in [0.15, 0.2) is 12.4 Å². The van der Waals surface area contributed by atoms with Gasteiger partial charge in [-0.25, -0.2) is 0 Å². The standard InChI is InChI=1S/C12H20O8/c1-6(13)18-5-8-9(16-3)10(17-4)11(12(15)20-8)19-7(2)14/h8-12,15H,5H2,1-4H3/t8-,9-,10+,11+,12+/m1/s1. The van der Waals surface area contributed by atoms with Crippen LogP contribution in [0.1, 0.15) is 13.8 Å². The third-order valence-corrected chi connectivity index (χ3v) is 2.91. The van der Waals surface area contributed by atoms with E-state index in [1.165, 1.54) is 28.1 Å². The smallest absolute Gasteiger partial charge is 0.303 e. The van der Waals surface area contributed by atoms with Gasteiger partial charge in [-0.3, -0.25) is 9.59 Å². The van der Waals surface area contributed by atoms with Crippen molar-refractivity contribution in [2.24, 2.45) is 0 Å². The minimum absolute atomic E-state index is 0.0997. The lowest BCUT2D eigenvalue weighted by Gasteiger charge is -2.42. The van der Waals surface area contributed by atoms with Gasteiger partial charge in [-0.15, -0.1) is 0 Å². The number of ether oxygens (including phenoxy) is 5. The van der Waals surface area contributed by atoms with E-state index in [1.807, 2.05) is 0 Å². The highest BCUT2D eigenvalue weighted by Gasteiger charge is 2.48.